The molecule has 1 N–H and O–H groups in total. The maximum Gasteiger partial charge on any atom is 0.435 e. The molecule has 3 atom stereocenters. The Hall–Kier alpha value is -2.84. The monoisotopic (exact) mass is 506 g/mol. The third kappa shape index (κ3) is 3.99. The molecule has 1 aliphatic heterocycles. The molecule has 0 fully saturated rings. The van der Waals surface area contributed by atoms with Crippen LogP contribution >= 0.6 is 23.2 Å². The van der Waals surface area contributed by atoms with Gasteiger partial charge in [0.2, 0.25) is 5.91 Å². The van der Waals surface area contributed by atoms with E-state index in [1.807, 2.05) is 24.3 Å². The average Bonchev–Trinajstić information content (AvgIpc) is 3.39. The largest absolute Gasteiger partial charge is 0.435 e. The van der Waals surface area contributed by atoms with Gasteiger partial charge >= 0.3 is 6.18 Å². The molecule has 1 aliphatic carbocycles. The molecule has 34 heavy (non-hydrogen) atoms. The standard InChI is InChI=1S/C24H19Cl2F3N4O/c1-12-21(23(34)31-18-9-7-13-4-2-3-5-15(13)18)22(14-6-8-16(25)17(26)10-14)33-20(30-12)11-19(32-33)24(27,28)29/h2-6,8,10-11,18,21-22H,7,9H2,1H3,(H,31,34)/t18-,21?,22?/m1/s1. The van der Waals surface area contributed by atoms with Gasteiger partial charge in [-0.1, -0.05) is 53.5 Å². The number of hydrogen-bond donors (Lipinski definition) is 1. The van der Waals surface area contributed by atoms with Gasteiger partial charge in [0.1, 0.15) is 5.92 Å². The molecule has 0 saturated heterocycles. The van der Waals surface area contributed by atoms with Gasteiger partial charge in [-0.05, 0) is 48.6 Å². The van der Waals surface area contributed by atoms with E-state index in [2.05, 4.69) is 15.4 Å². The topological polar surface area (TPSA) is 59.3 Å². The Bertz CT molecular complexity index is 1320. The number of carbonyl (C=O) groups excluding carboxylic acids is 1. The average molecular weight is 507 g/mol. The second-order valence-electron chi connectivity index (χ2n) is 8.48. The fraction of sp³-hybridized carbons (Fsp3) is 0.292. The van der Waals surface area contributed by atoms with Gasteiger partial charge in [0.25, 0.3) is 0 Å². The molecule has 0 bridgehead atoms. The lowest BCUT2D eigenvalue weighted by Crippen LogP contribution is -2.43. The number of amides is 1. The molecular formula is C24H19Cl2F3N4O. The van der Waals surface area contributed by atoms with Gasteiger partial charge in [-0.3, -0.25) is 4.79 Å². The Labute approximate surface area is 203 Å². The molecule has 1 aromatic heterocycles. The van der Waals surface area contributed by atoms with Crippen LogP contribution in [0.15, 0.2) is 53.5 Å². The zero-order valence-corrected chi connectivity index (χ0v) is 19.4. The second-order valence-corrected chi connectivity index (χ2v) is 9.29. The van der Waals surface area contributed by atoms with Crippen molar-refractivity contribution in [3.63, 3.8) is 0 Å². The van der Waals surface area contributed by atoms with E-state index in [0.29, 0.717) is 16.3 Å². The van der Waals surface area contributed by atoms with E-state index < -0.39 is 23.8 Å². The number of aliphatic imine (C=N–C) groups is 1. The summed E-state index contributed by atoms with van der Waals surface area (Å²) in [5.74, 6) is -1.21. The Morgan fingerprint density at radius 2 is 1.88 bits per heavy atom. The van der Waals surface area contributed by atoms with Crippen molar-refractivity contribution in [2.45, 2.75) is 38.0 Å². The smallest absolute Gasteiger partial charge is 0.349 e. The molecule has 1 amide bonds. The number of benzene rings is 2. The number of aryl methyl sites for hydroxylation is 1. The van der Waals surface area contributed by atoms with Gasteiger partial charge in [-0.15, -0.1) is 0 Å². The molecule has 2 unspecified atom stereocenters. The molecular weight excluding hydrogens is 488 g/mol. The van der Waals surface area contributed by atoms with Crippen molar-refractivity contribution < 1.29 is 18.0 Å². The van der Waals surface area contributed by atoms with Crippen molar-refractivity contribution in [2.24, 2.45) is 10.9 Å². The van der Waals surface area contributed by atoms with Crippen LogP contribution in [0.5, 0.6) is 0 Å². The SMILES string of the molecule is CC1=Nc2cc(C(F)(F)F)nn2C(c2ccc(Cl)c(Cl)c2)C1C(=O)N[C@@H]1CCc2ccccc21. The summed E-state index contributed by atoms with van der Waals surface area (Å²) in [4.78, 5) is 17.9. The lowest BCUT2D eigenvalue weighted by molar-refractivity contribution is -0.141. The summed E-state index contributed by atoms with van der Waals surface area (Å²) in [7, 11) is 0. The van der Waals surface area contributed by atoms with E-state index >= 15 is 0 Å². The Balaban J connectivity index is 1.56. The first-order chi connectivity index (χ1) is 16.1. The van der Waals surface area contributed by atoms with Crippen LogP contribution < -0.4 is 5.32 Å². The number of carbonyl (C=O) groups is 1. The normalized spacial score (nSPS) is 21.6. The molecule has 0 saturated carbocycles. The summed E-state index contributed by atoms with van der Waals surface area (Å²) in [6, 6.07) is 12.5. The van der Waals surface area contributed by atoms with E-state index in [-0.39, 0.29) is 22.8 Å². The highest BCUT2D eigenvalue weighted by atomic mass is 35.5. The first-order valence-corrected chi connectivity index (χ1v) is 11.4. The van der Waals surface area contributed by atoms with Crippen LogP contribution in [-0.2, 0) is 17.4 Å². The van der Waals surface area contributed by atoms with Crippen molar-refractivity contribution >= 4 is 40.6 Å². The Morgan fingerprint density at radius 3 is 2.62 bits per heavy atom. The summed E-state index contributed by atoms with van der Waals surface area (Å²) in [6.45, 7) is 1.64. The number of nitrogens with zero attached hydrogens (tertiary/aromatic N) is 3. The molecule has 0 spiro atoms. The number of hydrogen-bond acceptors (Lipinski definition) is 3. The lowest BCUT2D eigenvalue weighted by Gasteiger charge is -2.32. The van der Waals surface area contributed by atoms with E-state index in [1.165, 1.54) is 5.56 Å². The molecule has 2 aliphatic rings. The first-order valence-electron chi connectivity index (χ1n) is 10.7. The van der Waals surface area contributed by atoms with Crippen LogP contribution in [0, 0.1) is 5.92 Å². The Morgan fingerprint density at radius 1 is 1.12 bits per heavy atom. The number of halogens is 5. The molecule has 2 heterocycles. The van der Waals surface area contributed by atoms with Crippen LogP contribution in [-0.4, -0.2) is 21.4 Å². The summed E-state index contributed by atoms with van der Waals surface area (Å²) < 4.78 is 41.5. The number of fused-ring (bicyclic) bond motifs is 2. The van der Waals surface area contributed by atoms with Crippen LogP contribution in [0.4, 0.5) is 19.0 Å². The van der Waals surface area contributed by atoms with Crippen molar-refractivity contribution in [2.75, 3.05) is 0 Å². The molecule has 5 nitrogen and oxygen atoms in total. The summed E-state index contributed by atoms with van der Waals surface area (Å²) in [5.41, 5.74) is 2.04. The number of aromatic nitrogens is 2. The molecule has 2 aromatic carbocycles. The van der Waals surface area contributed by atoms with E-state index in [4.69, 9.17) is 23.2 Å². The number of nitrogens with one attached hydrogen (secondary N) is 1. The van der Waals surface area contributed by atoms with Crippen LogP contribution in [0.1, 0.15) is 47.8 Å². The minimum Gasteiger partial charge on any atom is -0.349 e. The van der Waals surface area contributed by atoms with Crippen molar-refractivity contribution in [1.29, 1.82) is 0 Å². The quantitative estimate of drug-likeness (QED) is 0.451. The Kier molecular flexibility index (Phi) is 5.68. The molecule has 5 rings (SSSR count). The summed E-state index contributed by atoms with van der Waals surface area (Å²) in [5, 5.41) is 7.41. The molecule has 176 valence electrons. The van der Waals surface area contributed by atoms with Gasteiger partial charge in [0.05, 0.1) is 22.1 Å². The van der Waals surface area contributed by atoms with Crippen molar-refractivity contribution in [3.8, 4) is 0 Å². The van der Waals surface area contributed by atoms with Gasteiger partial charge in [0, 0.05) is 11.8 Å². The number of alkyl halides is 3. The fourth-order valence-corrected chi connectivity index (χ4v) is 5.07. The van der Waals surface area contributed by atoms with E-state index in [0.717, 1.165) is 29.2 Å². The maximum absolute atomic E-state index is 13.6. The predicted octanol–water partition coefficient (Wildman–Crippen LogP) is 6.32. The minimum absolute atomic E-state index is 0.0242. The lowest BCUT2D eigenvalue weighted by atomic mass is 9.87. The third-order valence-corrected chi connectivity index (χ3v) is 7.08. The van der Waals surface area contributed by atoms with Gasteiger partial charge in [-0.2, -0.15) is 18.3 Å². The highest BCUT2D eigenvalue weighted by Gasteiger charge is 2.43. The molecule has 0 radical (unpaired) electrons. The van der Waals surface area contributed by atoms with Gasteiger partial charge in [-0.25, -0.2) is 9.67 Å². The van der Waals surface area contributed by atoms with Crippen LogP contribution in [0.2, 0.25) is 10.0 Å². The van der Waals surface area contributed by atoms with Gasteiger partial charge in [0.15, 0.2) is 11.5 Å². The zero-order valence-electron chi connectivity index (χ0n) is 17.9. The molecule has 10 heteroatoms. The van der Waals surface area contributed by atoms with Gasteiger partial charge < -0.3 is 5.32 Å². The van der Waals surface area contributed by atoms with Crippen molar-refractivity contribution in [3.05, 3.63) is 81.0 Å². The summed E-state index contributed by atoms with van der Waals surface area (Å²) in [6.07, 6.45) is -3.06. The third-order valence-electron chi connectivity index (χ3n) is 6.34. The molecule has 3 aromatic rings. The van der Waals surface area contributed by atoms with Crippen molar-refractivity contribution in [1.82, 2.24) is 15.1 Å². The first kappa shape index (κ1) is 22.9. The second kappa shape index (κ2) is 8.43. The van der Waals surface area contributed by atoms with E-state index in [1.54, 1.807) is 25.1 Å². The number of rotatable bonds is 3. The minimum atomic E-state index is -4.65. The highest BCUT2D eigenvalue weighted by molar-refractivity contribution is 6.42. The fourth-order valence-electron chi connectivity index (χ4n) is 4.76. The van der Waals surface area contributed by atoms with E-state index in [9.17, 15) is 18.0 Å². The summed E-state index contributed by atoms with van der Waals surface area (Å²) >= 11 is 12.3. The maximum atomic E-state index is 13.6. The van der Waals surface area contributed by atoms with Crippen LogP contribution in [0.3, 0.4) is 0 Å². The highest BCUT2D eigenvalue weighted by Crippen LogP contribution is 2.41. The van der Waals surface area contributed by atoms with Crippen LogP contribution in [0.25, 0.3) is 0 Å². The zero-order chi connectivity index (χ0) is 24.2. The predicted molar refractivity (Wildman–Crippen MR) is 124 cm³/mol.